The summed E-state index contributed by atoms with van der Waals surface area (Å²) < 4.78 is 5.05. The number of nitrogens with one attached hydrogen (secondary N) is 1. The van der Waals surface area contributed by atoms with Crippen LogP contribution in [-0.4, -0.2) is 19.6 Å². The molecule has 0 aliphatic heterocycles. The van der Waals surface area contributed by atoms with E-state index in [-0.39, 0.29) is 11.8 Å². The number of hydrogen-bond acceptors (Lipinski definition) is 3. The van der Waals surface area contributed by atoms with Crippen molar-refractivity contribution in [1.29, 1.82) is 0 Å². The first-order chi connectivity index (χ1) is 7.63. The number of hydrogen-bond donors (Lipinski definition) is 2. The van der Waals surface area contributed by atoms with Crippen molar-refractivity contribution in [2.45, 2.75) is 13.3 Å². The molecule has 0 bridgehead atoms. The van der Waals surface area contributed by atoms with Gasteiger partial charge in [0.05, 0.1) is 7.11 Å². The third kappa shape index (κ3) is 3.81. The fraction of sp³-hybridized carbons (Fsp3) is 0.417. The summed E-state index contributed by atoms with van der Waals surface area (Å²) in [4.78, 5) is 10.8. The number of anilines is 1. The summed E-state index contributed by atoms with van der Waals surface area (Å²) in [5.41, 5.74) is 6.18. The van der Waals surface area contributed by atoms with Gasteiger partial charge in [0.25, 0.3) is 0 Å². The van der Waals surface area contributed by atoms with Crippen LogP contribution in [0, 0.1) is 5.92 Å². The largest absolute Gasteiger partial charge is 0.497 e. The van der Waals surface area contributed by atoms with Gasteiger partial charge in [-0.3, -0.25) is 4.79 Å². The minimum absolute atomic E-state index is 0.0919. The van der Waals surface area contributed by atoms with E-state index in [1.54, 1.807) is 7.11 Å². The van der Waals surface area contributed by atoms with Crippen LogP contribution in [0.4, 0.5) is 5.69 Å². The van der Waals surface area contributed by atoms with E-state index in [1.165, 1.54) is 0 Å². The van der Waals surface area contributed by atoms with Gasteiger partial charge >= 0.3 is 0 Å². The zero-order chi connectivity index (χ0) is 12.0. The minimum atomic E-state index is -0.253. The van der Waals surface area contributed by atoms with Crippen LogP contribution in [0.5, 0.6) is 5.75 Å². The predicted octanol–water partition coefficient (Wildman–Crippen LogP) is 1.62. The van der Waals surface area contributed by atoms with Gasteiger partial charge in [-0.15, -0.1) is 0 Å². The molecule has 0 aromatic heterocycles. The molecule has 16 heavy (non-hydrogen) atoms. The van der Waals surface area contributed by atoms with Crippen LogP contribution in [0.2, 0.25) is 0 Å². The molecular weight excluding hydrogens is 204 g/mol. The fourth-order valence-electron chi connectivity index (χ4n) is 1.28. The van der Waals surface area contributed by atoms with E-state index in [2.05, 4.69) is 5.32 Å². The summed E-state index contributed by atoms with van der Waals surface area (Å²) in [6.07, 6.45) is 0.737. The highest BCUT2D eigenvalue weighted by atomic mass is 16.5. The number of primary amides is 1. The van der Waals surface area contributed by atoms with Gasteiger partial charge < -0.3 is 15.8 Å². The molecule has 4 heteroatoms. The maximum Gasteiger partial charge on any atom is 0.220 e. The summed E-state index contributed by atoms with van der Waals surface area (Å²) in [5.74, 6) is 0.485. The molecule has 1 rings (SSSR count). The minimum Gasteiger partial charge on any atom is -0.497 e. The average Bonchev–Trinajstić information content (AvgIpc) is 2.29. The quantitative estimate of drug-likeness (QED) is 0.768. The highest BCUT2D eigenvalue weighted by Crippen LogP contribution is 2.15. The third-order valence-electron chi connectivity index (χ3n) is 2.48. The number of ether oxygens (including phenoxy) is 1. The molecular formula is C12H18N2O2. The zero-order valence-corrected chi connectivity index (χ0v) is 9.69. The molecule has 0 heterocycles. The number of nitrogens with two attached hydrogens (primary N) is 1. The Labute approximate surface area is 95.8 Å². The Kier molecular flexibility index (Phi) is 4.64. The van der Waals surface area contributed by atoms with Crippen molar-refractivity contribution in [2.75, 3.05) is 19.0 Å². The molecule has 0 fully saturated rings. The Bertz CT molecular complexity index is 335. The normalized spacial score (nSPS) is 11.9. The monoisotopic (exact) mass is 222 g/mol. The van der Waals surface area contributed by atoms with Crippen LogP contribution in [0.3, 0.4) is 0 Å². The van der Waals surface area contributed by atoms with Crippen molar-refractivity contribution in [3.63, 3.8) is 0 Å². The van der Waals surface area contributed by atoms with Crippen molar-refractivity contribution in [3.05, 3.63) is 24.3 Å². The Hall–Kier alpha value is -1.71. The molecule has 88 valence electrons. The number of methoxy groups -OCH3 is 1. The number of carbonyl (C=O) groups is 1. The first-order valence-electron chi connectivity index (χ1n) is 5.30. The Morgan fingerprint density at radius 2 is 2.06 bits per heavy atom. The predicted molar refractivity (Wildman–Crippen MR) is 64.5 cm³/mol. The van der Waals surface area contributed by atoms with Gasteiger partial charge in [-0.1, -0.05) is 6.92 Å². The van der Waals surface area contributed by atoms with Crippen LogP contribution < -0.4 is 15.8 Å². The highest BCUT2D eigenvalue weighted by Gasteiger charge is 2.07. The second-order valence-corrected chi connectivity index (χ2v) is 3.75. The summed E-state index contributed by atoms with van der Waals surface area (Å²) >= 11 is 0. The number of carbonyl (C=O) groups excluding carboxylic acids is 1. The van der Waals surface area contributed by atoms with Crippen molar-refractivity contribution < 1.29 is 9.53 Å². The molecule has 0 saturated carbocycles. The number of benzene rings is 1. The lowest BCUT2D eigenvalue weighted by atomic mass is 10.1. The molecule has 0 radical (unpaired) electrons. The van der Waals surface area contributed by atoms with E-state index in [0.717, 1.165) is 24.4 Å². The van der Waals surface area contributed by atoms with Crippen molar-refractivity contribution >= 4 is 11.6 Å². The van der Waals surface area contributed by atoms with Crippen molar-refractivity contribution in [1.82, 2.24) is 0 Å². The number of rotatable bonds is 6. The third-order valence-corrected chi connectivity index (χ3v) is 2.48. The smallest absolute Gasteiger partial charge is 0.220 e. The summed E-state index contributed by atoms with van der Waals surface area (Å²) in [7, 11) is 1.64. The van der Waals surface area contributed by atoms with Crippen molar-refractivity contribution in [2.24, 2.45) is 11.7 Å². The fourth-order valence-corrected chi connectivity index (χ4v) is 1.28. The highest BCUT2D eigenvalue weighted by molar-refractivity contribution is 5.76. The molecule has 1 atom stereocenters. The molecule has 0 aliphatic carbocycles. The van der Waals surface area contributed by atoms with Gasteiger partial charge in [0, 0.05) is 18.2 Å². The van der Waals surface area contributed by atoms with E-state index >= 15 is 0 Å². The molecule has 0 aliphatic rings. The van der Waals surface area contributed by atoms with E-state index in [1.807, 2.05) is 31.2 Å². The summed E-state index contributed by atoms with van der Waals surface area (Å²) in [6, 6.07) is 7.65. The summed E-state index contributed by atoms with van der Waals surface area (Å²) in [5, 5.41) is 3.22. The SMILES string of the molecule is COc1ccc(NCCC(C)C(N)=O)cc1. The maximum absolute atomic E-state index is 10.8. The van der Waals surface area contributed by atoms with Gasteiger partial charge in [0.2, 0.25) is 5.91 Å². The number of amides is 1. The maximum atomic E-state index is 10.8. The second kappa shape index (κ2) is 6.00. The molecule has 1 aromatic rings. The first kappa shape index (κ1) is 12.4. The van der Waals surface area contributed by atoms with Crippen LogP contribution in [-0.2, 0) is 4.79 Å². The second-order valence-electron chi connectivity index (χ2n) is 3.75. The van der Waals surface area contributed by atoms with Crippen LogP contribution in [0.1, 0.15) is 13.3 Å². The van der Waals surface area contributed by atoms with E-state index in [4.69, 9.17) is 10.5 Å². The Morgan fingerprint density at radius 3 is 2.56 bits per heavy atom. The van der Waals surface area contributed by atoms with E-state index in [9.17, 15) is 4.79 Å². The molecule has 4 nitrogen and oxygen atoms in total. The van der Waals surface area contributed by atoms with Crippen LogP contribution >= 0.6 is 0 Å². The van der Waals surface area contributed by atoms with Gasteiger partial charge in [-0.05, 0) is 30.7 Å². The van der Waals surface area contributed by atoms with Crippen LogP contribution in [0.15, 0.2) is 24.3 Å². The lowest BCUT2D eigenvalue weighted by Gasteiger charge is -2.09. The van der Waals surface area contributed by atoms with E-state index < -0.39 is 0 Å². The average molecular weight is 222 g/mol. The molecule has 3 N–H and O–H groups in total. The lowest BCUT2D eigenvalue weighted by Crippen LogP contribution is -2.22. The Balaban J connectivity index is 2.34. The van der Waals surface area contributed by atoms with E-state index in [0.29, 0.717) is 0 Å². The molecule has 1 unspecified atom stereocenters. The topological polar surface area (TPSA) is 64.3 Å². The van der Waals surface area contributed by atoms with Gasteiger partial charge in [0.1, 0.15) is 5.75 Å². The van der Waals surface area contributed by atoms with Crippen LogP contribution in [0.25, 0.3) is 0 Å². The summed E-state index contributed by atoms with van der Waals surface area (Å²) in [6.45, 7) is 2.56. The van der Waals surface area contributed by atoms with Gasteiger partial charge in [-0.25, -0.2) is 0 Å². The molecule has 1 amide bonds. The lowest BCUT2D eigenvalue weighted by molar-refractivity contribution is -0.121. The van der Waals surface area contributed by atoms with Gasteiger partial charge in [0.15, 0.2) is 0 Å². The Morgan fingerprint density at radius 1 is 1.44 bits per heavy atom. The van der Waals surface area contributed by atoms with Gasteiger partial charge in [-0.2, -0.15) is 0 Å². The van der Waals surface area contributed by atoms with Crippen molar-refractivity contribution in [3.8, 4) is 5.75 Å². The zero-order valence-electron chi connectivity index (χ0n) is 9.69. The molecule has 0 saturated heterocycles. The first-order valence-corrected chi connectivity index (χ1v) is 5.30. The molecule has 1 aromatic carbocycles. The molecule has 0 spiro atoms. The standard InChI is InChI=1S/C12H18N2O2/c1-9(12(13)15)7-8-14-10-3-5-11(16-2)6-4-10/h3-6,9,14H,7-8H2,1-2H3,(H2,13,15).